The fourth-order valence-electron chi connectivity index (χ4n) is 1.18. The lowest BCUT2D eigenvalue weighted by atomic mass is 10.2. The van der Waals surface area contributed by atoms with Crippen LogP contribution in [-0.4, -0.2) is 11.1 Å². The van der Waals surface area contributed by atoms with Crippen LogP contribution >= 0.6 is 27.5 Å². The number of fused-ring (bicyclic) bond motifs is 1. The summed E-state index contributed by atoms with van der Waals surface area (Å²) < 4.78 is 5.55. The zero-order valence-corrected chi connectivity index (χ0v) is 9.09. The van der Waals surface area contributed by atoms with Gasteiger partial charge in [-0.05, 0) is 28.1 Å². The van der Waals surface area contributed by atoms with Crippen molar-refractivity contribution in [1.82, 2.24) is 0 Å². The average Bonchev–Trinajstić information content (AvgIpc) is 2.43. The molecule has 2 aromatic rings. The summed E-state index contributed by atoms with van der Waals surface area (Å²) in [7, 11) is 0. The van der Waals surface area contributed by atoms with Crippen LogP contribution in [0.4, 0.5) is 0 Å². The van der Waals surface area contributed by atoms with E-state index in [4.69, 9.17) is 21.1 Å². The second kappa shape index (κ2) is 3.29. The van der Waals surface area contributed by atoms with Crippen LogP contribution in [-0.2, 0) is 0 Å². The van der Waals surface area contributed by atoms with Crippen molar-refractivity contribution in [1.29, 1.82) is 0 Å². The van der Waals surface area contributed by atoms with Crippen LogP contribution in [0.5, 0.6) is 0 Å². The highest BCUT2D eigenvalue weighted by Gasteiger charge is 2.17. The molecule has 1 aromatic heterocycles. The molecule has 0 unspecified atom stereocenters. The summed E-state index contributed by atoms with van der Waals surface area (Å²) in [5, 5.41) is 9.99. The summed E-state index contributed by atoms with van der Waals surface area (Å²) >= 11 is 8.90. The van der Waals surface area contributed by atoms with Crippen molar-refractivity contribution in [2.24, 2.45) is 0 Å². The molecule has 72 valence electrons. The number of carboxylic acids is 1. The highest BCUT2D eigenvalue weighted by molar-refractivity contribution is 9.10. The van der Waals surface area contributed by atoms with Gasteiger partial charge >= 0.3 is 5.97 Å². The molecule has 0 radical (unpaired) electrons. The Morgan fingerprint density at radius 3 is 2.86 bits per heavy atom. The Hall–Kier alpha value is -1.000. The number of hydrogen-bond acceptors (Lipinski definition) is 2. The summed E-state index contributed by atoms with van der Waals surface area (Å²) in [4.78, 5) is 10.7. The summed E-state index contributed by atoms with van der Waals surface area (Å²) in [6, 6.07) is 4.96. The molecular formula is C9H4BrClO3. The maximum absolute atomic E-state index is 10.7. The fraction of sp³-hybridized carbons (Fsp3) is 0. The van der Waals surface area contributed by atoms with Crippen molar-refractivity contribution in [2.75, 3.05) is 0 Å². The number of carboxylic acid groups (broad SMARTS) is 1. The van der Waals surface area contributed by atoms with Crippen LogP contribution in [0.25, 0.3) is 11.0 Å². The molecule has 0 spiro atoms. The van der Waals surface area contributed by atoms with Crippen LogP contribution in [0.15, 0.2) is 27.1 Å². The first-order valence-electron chi connectivity index (χ1n) is 3.70. The lowest BCUT2D eigenvalue weighted by molar-refractivity contribution is 0.0663. The average molecular weight is 275 g/mol. The highest BCUT2D eigenvalue weighted by Crippen LogP contribution is 2.32. The first-order chi connectivity index (χ1) is 6.59. The van der Waals surface area contributed by atoms with Crippen LogP contribution in [0.3, 0.4) is 0 Å². The van der Waals surface area contributed by atoms with E-state index < -0.39 is 5.97 Å². The first-order valence-corrected chi connectivity index (χ1v) is 4.87. The molecule has 1 N–H and O–H groups in total. The van der Waals surface area contributed by atoms with Crippen molar-refractivity contribution >= 4 is 44.5 Å². The molecule has 0 bridgehead atoms. The number of aromatic carboxylic acids is 1. The molecule has 14 heavy (non-hydrogen) atoms. The smallest absolute Gasteiger partial charge is 0.373 e. The van der Waals surface area contributed by atoms with E-state index in [0.29, 0.717) is 20.5 Å². The first kappa shape index (κ1) is 9.55. The standard InChI is InChI=1S/C9H4BrClO3/c10-7-5-2-1-4(11)3-6(5)14-8(7)9(12)13/h1-3H,(H,12,13). The Balaban J connectivity index is 2.79. The SMILES string of the molecule is O=C(O)c1oc2cc(Cl)ccc2c1Br. The van der Waals surface area contributed by atoms with Gasteiger partial charge < -0.3 is 9.52 Å². The maximum atomic E-state index is 10.7. The van der Waals surface area contributed by atoms with E-state index in [1.165, 1.54) is 0 Å². The molecule has 0 fully saturated rings. The van der Waals surface area contributed by atoms with Crippen molar-refractivity contribution in [3.8, 4) is 0 Å². The minimum Gasteiger partial charge on any atom is -0.475 e. The van der Waals surface area contributed by atoms with Gasteiger partial charge in [0.05, 0.1) is 4.47 Å². The summed E-state index contributed by atoms with van der Waals surface area (Å²) in [5.74, 6) is -1.22. The van der Waals surface area contributed by atoms with Gasteiger partial charge in [0, 0.05) is 16.5 Å². The fourth-order valence-corrected chi connectivity index (χ4v) is 1.92. The van der Waals surface area contributed by atoms with Gasteiger partial charge in [0.1, 0.15) is 5.58 Å². The second-order valence-corrected chi connectivity index (χ2v) is 3.92. The molecular weight excluding hydrogens is 271 g/mol. The minimum atomic E-state index is -1.11. The van der Waals surface area contributed by atoms with Crippen LogP contribution in [0, 0.1) is 0 Å². The van der Waals surface area contributed by atoms with Gasteiger partial charge in [-0.25, -0.2) is 4.79 Å². The lowest BCUT2D eigenvalue weighted by Gasteiger charge is -1.88. The van der Waals surface area contributed by atoms with Gasteiger partial charge in [0.15, 0.2) is 0 Å². The normalized spacial score (nSPS) is 10.7. The van der Waals surface area contributed by atoms with Gasteiger partial charge in [-0.15, -0.1) is 0 Å². The zero-order chi connectivity index (χ0) is 10.3. The topological polar surface area (TPSA) is 50.4 Å². The number of halogens is 2. The Morgan fingerprint density at radius 2 is 2.21 bits per heavy atom. The van der Waals surface area contributed by atoms with E-state index in [9.17, 15) is 4.79 Å². The van der Waals surface area contributed by atoms with Crippen molar-refractivity contribution in [3.63, 3.8) is 0 Å². The number of carbonyl (C=O) groups is 1. The van der Waals surface area contributed by atoms with Crippen LogP contribution < -0.4 is 0 Å². The Bertz CT molecular complexity index is 518. The number of rotatable bonds is 1. The molecule has 1 heterocycles. The van der Waals surface area contributed by atoms with E-state index in [0.717, 1.165) is 0 Å². The predicted octanol–water partition coefficient (Wildman–Crippen LogP) is 3.55. The third-order valence-electron chi connectivity index (χ3n) is 1.79. The molecule has 2 rings (SSSR count). The van der Waals surface area contributed by atoms with Crippen LogP contribution in [0.2, 0.25) is 5.02 Å². The predicted molar refractivity (Wildman–Crippen MR) is 55.9 cm³/mol. The Morgan fingerprint density at radius 1 is 1.50 bits per heavy atom. The Labute approximate surface area is 92.4 Å². The monoisotopic (exact) mass is 274 g/mol. The number of hydrogen-bond donors (Lipinski definition) is 1. The molecule has 5 heteroatoms. The minimum absolute atomic E-state index is 0.109. The van der Waals surface area contributed by atoms with Gasteiger partial charge in [-0.2, -0.15) is 0 Å². The quantitative estimate of drug-likeness (QED) is 0.866. The number of benzene rings is 1. The van der Waals surface area contributed by atoms with E-state index in [-0.39, 0.29) is 5.76 Å². The van der Waals surface area contributed by atoms with Gasteiger partial charge in [-0.1, -0.05) is 11.6 Å². The summed E-state index contributed by atoms with van der Waals surface area (Å²) in [6.07, 6.45) is 0. The van der Waals surface area contributed by atoms with E-state index in [1.807, 2.05) is 0 Å². The van der Waals surface area contributed by atoms with Crippen LogP contribution in [0.1, 0.15) is 10.6 Å². The van der Waals surface area contributed by atoms with Gasteiger partial charge in [0.25, 0.3) is 0 Å². The van der Waals surface area contributed by atoms with E-state index in [2.05, 4.69) is 15.9 Å². The second-order valence-electron chi connectivity index (χ2n) is 2.69. The largest absolute Gasteiger partial charge is 0.475 e. The lowest BCUT2D eigenvalue weighted by Crippen LogP contribution is -1.93. The molecule has 1 aromatic carbocycles. The third-order valence-corrected chi connectivity index (χ3v) is 2.81. The highest BCUT2D eigenvalue weighted by atomic mass is 79.9. The summed E-state index contributed by atoms with van der Waals surface area (Å²) in [6.45, 7) is 0. The molecule has 0 aliphatic carbocycles. The van der Waals surface area contributed by atoms with E-state index in [1.54, 1.807) is 18.2 Å². The summed E-state index contributed by atoms with van der Waals surface area (Å²) in [5.41, 5.74) is 0.460. The Kier molecular flexibility index (Phi) is 2.25. The molecule has 0 aliphatic rings. The number of furan rings is 1. The van der Waals surface area contributed by atoms with Gasteiger partial charge in [0.2, 0.25) is 5.76 Å². The molecule has 0 amide bonds. The molecule has 0 saturated heterocycles. The molecule has 0 aliphatic heterocycles. The zero-order valence-electron chi connectivity index (χ0n) is 6.75. The third kappa shape index (κ3) is 1.40. The van der Waals surface area contributed by atoms with Crippen molar-refractivity contribution in [2.45, 2.75) is 0 Å². The molecule has 0 saturated carbocycles. The van der Waals surface area contributed by atoms with E-state index >= 15 is 0 Å². The molecule has 0 atom stereocenters. The van der Waals surface area contributed by atoms with Crippen molar-refractivity contribution in [3.05, 3.63) is 33.5 Å². The van der Waals surface area contributed by atoms with Crippen molar-refractivity contribution < 1.29 is 14.3 Å². The molecule has 3 nitrogen and oxygen atoms in total. The van der Waals surface area contributed by atoms with Gasteiger partial charge in [-0.3, -0.25) is 0 Å². The maximum Gasteiger partial charge on any atom is 0.373 e.